The highest BCUT2D eigenvalue weighted by Gasteiger charge is 2.71. The smallest absolute Gasteiger partial charge is 0.331 e. The second kappa shape index (κ2) is 10.4. The molecule has 6 rings (SSSR count). The Morgan fingerprint density at radius 3 is 2.63 bits per heavy atom. The minimum Gasteiger partial charge on any atom is -0.458 e. The summed E-state index contributed by atoms with van der Waals surface area (Å²) < 4.78 is 17.3. The monoisotopic (exact) mass is 572 g/mol. The molecule has 4 aliphatic carbocycles. The van der Waals surface area contributed by atoms with Gasteiger partial charge in [0.25, 0.3) is 0 Å². The number of aliphatic hydroxyl groups excluding tert-OH is 2. The zero-order valence-corrected chi connectivity index (χ0v) is 24.1. The third kappa shape index (κ3) is 4.42. The Bertz CT molecular complexity index is 1140. The molecule has 0 aromatic carbocycles. The number of cyclic esters (lactones) is 1. The van der Waals surface area contributed by atoms with Gasteiger partial charge in [0.05, 0.1) is 35.6 Å². The number of ether oxygens (including phenoxy) is 3. The van der Waals surface area contributed by atoms with Crippen molar-refractivity contribution in [2.75, 3.05) is 13.2 Å². The average Bonchev–Trinajstić information content (AvgIpc) is 3.47. The molecule has 12 atom stereocenters. The van der Waals surface area contributed by atoms with Crippen LogP contribution in [0.2, 0.25) is 0 Å². The molecule has 2 aliphatic heterocycles. The van der Waals surface area contributed by atoms with E-state index in [2.05, 4.69) is 18.0 Å². The van der Waals surface area contributed by atoms with Crippen molar-refractivity contribution in [1.29, 1.82) is 5.26 Å². The maximum absolute atomic E-state index is 12.5. The molecule has 0 aromatic rings. The van der Waals surface area contributed by atoms with Crippen LogP contribution in [0.5, 0.6) is 0 Å². The van der Waals surface area contributed by atoms with E-state index in [4.69, 9.17) is 14.2 Å². The Hall–Kier alpha value is -1.87. The molecule has 0 radical (unpaired) electrons. The van der Waals surface area contributed by atoms with E-state index in [0.29, 0.717) is 45.1 Å². The average molecular weight is 573 g/mol. The van der Waals surface area contributed by atoms with E-state index in [0.717, 1.165) is 24.8 Å². The molecule has 10 nitrogen and oxygen atoms in total. The maximum atomic E-state index is 12.5. The van der Waals surface area contributed by atoms with Gasteiger partial charge in [-0.1, -0.05) is 6.92 Å². The van der Waals surface area contributed by atoms with Crippen molar-refractivity contribution in [3.05, 3.63) is 11.6 Å². The summed E-state index contributed by atoms with van der Waals surface area (Å²) in [6.45, 7) is 4.19. The molecule has 0 bridgehead atoms. The number of carbonyl (C=O) groups is 1. The Kier molecular flexibility index (Phi) is 7.40. The predicted molar refractivity (Wildman–Crippen MR) is 146 cm³/mol. The van der Waals surface area contributed by atoms with Gasteiger partial charge in [0.1, 0.15) is 19.3 Å². The van der Waals surface area contributed by atoms with Gasteiger partial charge in [0.2, 0.25) is 0 Å². The van der Waals surface area contributed by atoms with Gasteiger partial charge in [-0.2, -0.15) is 5.26 Å². The van der Waals surface area contributed by atoms with E-state index < -0.39 is 46.6 Å². The fourth-order valence-electron chi connectivity index (χ4n) is 10.0. The van der Waals surface area contributed by atoms with Crippen molar-refractivity contribution >= 4 is 12.2 Å². The first-order valence-corrected chi connectivity index (χ1v) is 15.3. The Balaban J connectivity index is 1.26. The molecular weight excluding hydrogens is 528 g/mol. The molecule has 0 spiro atoms. The van der Waals surface area contributed by atoms with E-state index in [1.54, 1.807) is 13.0 Å². The molecule has 4 N–H and O–H groups in total. The van der Waals surface area contributed by atoms with E-state index in [1.807, 2.05) is 6.21 Å². The minimum absolute atomic E-state index is 0.00933. The molecule has 0 unspecified atom stereocenters. The van der Waals surface area contributed by atoms with E-state index in [-0.39, 0.29) is 42.8 Å². The zero-order chi connectivity index (χ0) is 29.2. The number of rotatable bonds is 5. The number of nitrogens with zero attached hydrogens (tertiary/aromatic N) is 2. The van der Waals surface area contributed by atoms with Crippen molar-refractivity contribution < 1.29 is 39.4 Å². The lowest BCUT2D eigenvalue weighted by atomic mass is 9.41. The largest absolute Gasteiger partial charge is 0.458 e. The quantitative estimate of drug-likeness (QED) is 0.167. The molecule has 10 heteroatoms. The minimum atomic E-state index is -1.13. The lowest BCUT2D eigenvalue weighted by molar-refractivity contribution is -0.282. The van der Waals surface area contributed by atoms with E-state index in [1.165, 1.54) is 0 Å². The number of esters is 1. The lowest BCUT2D eigenvalue weighted by Gasteiger charge is -2.66. The molecule has 5 fully saturated rings. The van der Waals surface area contributed by atoms with Crippen LogP contribution in [0.4, 0.5) is 0 Å². The first-order valence-electron chi connectivity index (χ1n) is 15.3. The summed E-state index contributed by atoms with van der Waals surface area (Å²) in [7, 11) is 0. The highest BCUT2D eigenvalue weighted by Crippen LogP contribution is 2.70. The molecule has 4 saturated carbocycles. The number of hydrogen-bond donors (Lipinski definition) is 4. The summed E-state index contributed by atoms with van der Waals surface area (Å²) in [6.07, 6.45) is 5.97. The van der Waals surface area contributed by atoms with Gasteiger partial charge in [0.15, 0.2) is 6.29 Å². The molecule has 41 heavy (non-hydrogen) atoms. The lowest BCUT2D eigenvalue weighted by Crippen LogP contribution is -2.69. The zero-order valence-electron chi connectivity index (χ0n) is 24.1. The van der Waals surface area contributed by atoms with Gasteiger partial charge >= 0.3 is 5.97 Å². The van der Waals surface area contributed by atoms with Crippen LogP contribution >= 0.6 is 0 Å². The van der Waals surface area contributed by atoms with Crippen molar-refractivity contribution in [2.45, 2.75) is 120 Å². The molecule has 1 saturated heterocycles. The topological polar surface area (TPSA) is 162 Å². The number of nitriles is 1. The van der Waals surface area contributed by atoms with Crippen molar-refractivity contribution in [1.82, 2.24) is 0 Å². The summed E-state index contributed by atoms with van der Waals surface area (Å²) in [5.41, 5.74) is -2.19. The van der Waals surface area contributed by atoms with Gasteiger partial charge in [-0.25, -0.2) is 4.79 Å². The standard InChI is InChI=1S/C31H44N2O8/c1-18-27(36)24(34)14-26(40-18)41-20-3-8-29(17-33-12-11-32)22-4-7-28(2)21(19-13-25(35)39-16-19)6-10-31(28,38)23(22)5-9-30(29,37)15-20/h13,17-18,20-24,26-27,34,36-38H,3-10,12,14-16H2,1-2H3/t18-,20-,21+,22-,23+,24+,26-,27-,28+,29-,30-,31-/m0/s1. The van der Waals surface area contributed by atoms with Crippen molar-refractivity contribution in [3.63, 3.8) is 0 Å². The van der Waals surface area contributed by atoms with Crippen molar-refractivity contribution in [2.24, 2.45) is 33.6 Å². The Morgan fingerprint density at radius 2 is 1.93 bits per heavy atom. The fourth-order valence-corrected chi connectivity index (χ4v) is 10.0. The molecule has 0 aromatic heterocycles. The number of aliphatic hydroxyl groups is 4. The number of fused-ring (bicyclic) bond motifs is 5. The normalized spacial score (nSPS) is 51.3. The number of aliphatic imine (C=N–C) groups is 1. The second-order valence-electron chi connectivity index (χ2n) is 13.8. The second-order valence-corrected chi connectivity index (χ2v) is 13.8. The Labute approximate surface area is 241 Å². The van der Waals surface area contributed by atoms with E-state index >= 15 is 0 Å². The van der Waals surface area contributed by atoms with Crippen LogP contribution in [0.25, 0.3) is 0 Å². The summed E-state index contributed by atoms with van der Waals surface area (Å²) in [5.74, 6) is -0.282. The third-order valence-electron chi connectivity index (χ3n) is 12.1. The van der Waals surface area contributed by atoms with Gasteiger partial charge in [-0.3, -0.25) is 4.99 Å². The van der Waals surface area contributed by atoms with Crippen LogP contribution in [0, 0.1) is 39.9 Å². The molecule has 2 heterocycles. The molecule has 0 amide bonds. The van der Waals surface area contributed by atoms with Crippen LogP contribution in [0.1, 0.15) is 78.1 Å². The van der Waals surface area contributed by atoms with Crippen LogP contribution in [-0.4, -0.2) is 87.7 Å². The van der Waals surface area contributed by atoms with Gasteiger partial charge < -0.3 is 34.6 Å². The number of carbonyl (C=O) groups excluding carboxylic acids is 1. The summed E-state index contributed by atoms with van der Waals surface area (Å²) in [4.78, 5) is 16.4. The Morgan fingerprint density at radius 1 is 1.15 bits per heavy atom. The number of hydrogen-bond acceptors (Lipinski definition) is 10. The van der Waals surface area contributed by atoms with Crippen molar-refractivity contribution in [3.8, 4) is 6.07 Å². The molecular formula is C31H44N2O8. The fraction of sp³-hybridized carbons (Fsp3) is 0.839. The summed E-state index contributed by atoms with van der Waals surface area (Å²) in [5, 5.41) is 54.5. The summed E-state index contributed by atoms with van der Waals surface area (Å²) >= 11 is 0. The highest BCUT2D eigenvalue weighted by atomic mass is 16.7. The van der Waals surface area contributed by atoms with Crippen LogP contribution < -0.4 is 0 Å². The van der Waals surface area contributed by atoms with Crippen LogP contribution in [0.15, 0.2) is 16.6 Å². The molecule has 226 valence electrons. The third-order valence-corrected chi connectivity index (χ3v) is 12.1. The van der Waals surface area contributed by atoms with Gasteiger partial charge in [-0.15, -0.1) is 0 Å². The van der Waals surface area contributed by atoms with Gasteiger partial charge in [0, 0.05) is 36.0 Å². The highest BCUT2D eigenvalue weighted by molar-refractivity contribution is 5.85. The first-order chi connectivity index (χ1) is 19.5. The summed E-state index contributed by atoms with van der Waals surface area (Å²) in [6, 6.07) is 2.09. The maximum Gasteiger partial charge on any atom is 0.331 e. The van der Waals surface area contributed by atoms with Gasteiger partial charge in [-0.05, 0) is 81.6 Å². The first kappa shape index (κ1) is 29.2. The SMILES string of the molecule is C[C@@H]1O[C@@H](O[C@H]2CC[C@]3(C=NCC#N)[C@H]4CC[C@]5(C)[C@@H](C6=CC(=O)OC6)CC[C@]5(O)[C@@H]4CC[C@]3(O)C2)C[C@@H](O)[C@H]1O. The predicted octanol–water partition coefficient (Wildman–Crippen LogP) is 2.17. The van der Waals surface area contributed by atoms with Crippen LogP contribution in [0.3, 0.4) is 0 Å². The molecule has 6 aliphatic rings. The van der Waals surface area contributed by atoms with E-state index in [9.17, 15) is 30.5 Å². The van der Waals surface area contributed by atoms with Crippen LogP contribution in [-0.2, 0) is 19.0 Å².